The largest absolute Gasteiger partial charge is 0.379 e. The smallest absolute Gasteiger partial charge is 0.0781 e. The number of ether oxygens (including phenoxy) is 4. The topological polar surface area (TPSA) is 36.9 Å². The molecule has 0 saturated carbocycles. The molecular formula is C19H40O4. The first kappa shape index (κ1) is 22.8. The Morgan fingerprint density at radius 2 is 1.13 bits per heavy atom. The van der Waals surface area contributed by atoms with Crippen LogP contribution in [0, 0.1) is 0 Å². The number of hydrogen-bond donors (Lipinski definition) is 0. The third kappa shape index (κ3) is 16.5. The van der Waals surface area contributed by atoms with E-state index in [2.05, 4.69) is 27.7 Å². The summed E-state index contributed by atoms with van der Waals surface area (Å²) in [4.78, 5) is 0. The molecule has 0 aliphatic carbocycles. The van der Waals surface area contributed by atoms with E-state index in [0.29, 0.717) is 19.8 Å². The van der Waals surface area contributed by atoms with Crippen molar-refractivity contribution in [3.05, 3.63) is 0 Å². The van der Waals surface area contributed by atoms with Gasteiger partial charge in [-0.3, -0.25) is 0 Å². The van der Waals surface area contributed by atoms with Crippen LogP contribution in [-0.4, -0.2) is 51.3 Å². The highest BCUT2D eigenvalue weighted by Crippen LogP contribution is 2.03. The molecule has 0 spiro atoms. The maximum absolute atomic E-state index is 5.77. The van der Waals surface area contributed by atoms with Gasteiger partial charge < -0.3 is 18.9 Å². The van der Waals surface area contributed by atoms with Crippen LogP contribution in [0.2, 0.25) is 0 Å². The van der Waals surface area contributed by atoms with E-state index in [1.165, 1.54) is 19.3 Å². The van der Waals surface area contributed by atoms with Crippen LogP contribution in [-0.2, 0) is 18.9 Å². The van der Waals surface area contributed by atoms with Crippen LogP contribution < -0.4 is 0 Å². The van der Waals surface area contributed by atoms with Crippen LogP contribution in [0.15, 0.2) is 0 Å². The Hall–Kier alpha value is -0.160. The SMILES string of the molecule is CCCCCCOCC(C)OCC(C)OCC(C)OCCCC. The maximum atomic E-state index is 5.77. The third-order valence-corrected chi connectivity index (χ3v) is 3.63. The lowest BCUT2D eigenvalue weighted by Crippen LogP contribution is -2.26. The summed E-state index contributed by atoms with van der Waals surface area (Å²) in [5.74, 6) is 0. The van der Waals surface area contributed by atoms with Crippen LogP contribution in [0.1, 0.15) is 73.1 Å². The second kappa shape index (κ2) is 16.7. The predicted octanol–water partition coefficient (Wildman–Crippen LogP) is 4.60. The molecule has 0 radical (unpaired) electrons. The van der Waals surface area contributed by atoms with E-state index in [4.69, 9.17) is 18.9 Å². The van der Waals surface area contributed by atoms with E-state index < -0.39 is 0 Å². The van der Waals surface area contributed by atoms with Gasteiger partial charge in [0.1, 0.15) is 0 Å². The molecule has 0 aliphatic rings. The number of hydrogen-bond acceptors (Lipinski definition) is 4. The molecule has 0 aromatic heterocycles. The minimum absolute atomic E-state index is 0.0826. The fourth-order valence-corrected chi connectivity index (χ4v) is 2.05. The van der Waals surface area contributed by atoms with Gasteiger partial charge in [-0.15, -0.1) is 0 Å². The van der Waals surface area contributed by atoms with Gasteiger partial charge in [0.2, 0.25) is 0 Å². The van der Waals surface area contributed by atoms with Crippen molar-refractivity contribution in [2.45, 2.75) is 91.5 Å². The second-order valence-corrected chi connectivity index (χ2v) is 6.46. The van der Waals surface area contributed by atoms with E-state index in [9.17, 15) is 0 Å². The van der Waals surface area contributed by atoms with Crippen molar-refractivity contribution in [2.75, 3.05) is 33.0 Å². The second-order valence-electron chi connectivity index (χ2n) is 6.46. The van der Waals surface area contributed by atoms with Crippen molar-refractivity contribution >= 4 is 0 Å². The molecule has 0 heterocycles. The highest BCUT2D eigenvalue weighted by Gasteiger charge is 2.09. The zero-order valence-electron chi connectivity index (χ0n) is 16.1. The van der Waals surface area contributed by atoms with E-state index in [1.807, 2.05) is 6.92 Å². The molecule has 0 aliphatic heterocycles. The van der Waals surface area contributed by atoms with Crippen LogP contribution >= 0.6 is 0 Å². The molecule has 0 aromatic rings. The third-order valence-electron chi connectivity index (χ3n) is 3.63. The Morgan fingerprint density at radius 1 is 0.565 bits per heavy atom. The van der Waals surface area contributed by atoms with E-state index in [-0.39, 0.29) is 18.3 Å². The molecule has 140 valence electrons. The summed E-state index contributed by atoms with van der Waals surface area (Å²) in [5.41, 5.74) is 0. The van der Waals surface area contributed by atoms with Gasteiger partial charge in [-0.2, -0.15) is 0 Å². The average molecular weight is 333 g/mol. The van der Waals surface area contributed by atoms with Crippen molar-refractivity contribution in [2.24, 2.45) is 0 Å². The lowest BCUT2D eigenvalue weighted by Gasteiger charge is -2.20. The lowest BCUT2D eigenvalue weighted by atomic mass is 10.2. The molecule has 0 saturated heterocycles. The zero-order valence-corrected chi connectivity index (χ0v) is 16.1. The van der Waals surface area contributed by atoms with Crippen molar-refractivity contribution in [3.63, 3.8) is 0 Å². The fourth-order valence-electron chi connectivity index (χ4n) is 2.05. The first-order chi connectivity index (χ1) is 11.1. The summed E-state index contributed by atoms with van der Waals surface area (Å²) in [5, 5.41) is 0. The van der Waals surface area contributed by atoms with Crippen LogP contribution in [0.5, 0.6) is 0 Å². The molecule has 0 amide bonds. The molecule has 0 rings (SSSR count). The van der Waals surface area contributed by atoms with Gasteiger partial charge in [-0.05, 0) is 33.6 Å². The highest BCUT2D eigenvalue weighted by molar-refractivity contribution is 4.55. The number of rotatable bonds is 17. The van der Waals surface area contributed by atoms with Gasteiger partial charge in [-0.25, -0.2) is 0 Å². The van der Waals surface area contributed by atoms with Crippen LogP contribution in [0.25, 0.3) is 0 Å². The Balaban J connectivity index is 3.47. The predicted molar refractivity (Wildman–Crippen MR) is 96.1 cm³/mol. The van der Waals surface area contributed by atoms with Gasteiger partial charge in [0.15, 0.2) is 0 Å². The summed E-state index contributed by atoms with van der Waals surface area (Å²) in [6.07, 6.45) is 7.59. The monoisotopic (exact) mass is 332 g/mol. The standard InChI is InChI=1S/C19H40O4/c1-6-8-10-11-12-20-14-17(3)22-16-19(5)23-15-18(4)21-13-9-7-2/h17-19H,6-16H2,1-5H3. The Bertz CT molecular complexity index is 235. The van der Waals surface area contributed by atoms with Crippen molar-refractivity contribution in [3.8, 4) is 0 Å². The molecule has 0 fully saturated rings. The lowest BCUT2D eigenvalue weighted by molar-refractivity contribution is -0.0801. The minimum atomic E-state index is 0.0826. The molecule has 3 atom stereocenters. The van der Waals surface area contributed by atoms with E-state index in [0.717, 1.165) is 32.5 Å². The minimum Gasteiger partial charge on any atom is -0.379 e. The first-order valence-electron chi connectivity index (χ1n) is 9.52. The van der Waals surface area contributed by atoms with Crippen LogP contribution in [0.3, 0.4) is 0 Å². The summed E-state index contributed by atoms with van der Waals surface area (Å²) in [6, 6.07) is 0. The van der Waals surface area contributed by atoms with Gasteiger partial charge in [-0.1, -0.05) is 39.5 Å². The van der Waals surface area contributed by atoms with Gasteiger partial charge in [0.25, 0.3) is 0 Å². The summed E-state index contributed by atoms with van der Waals surface area (Å²) in [7, 11) is 0. The van der Waals surface area contributed by atoms with Gasteiger partial charge in [0, 0.05) is 13.2 Å². The molecular weight excluding hydrogens is 292 g/mol. The highest BCUT2D eigenvalue weighted by atomic mass is 16.6. The Labute approximate surface area is 144 Å². The maximum Gasteiger partial charge on any atom is 0.0781 e. The number of unbranched alkanes of at least 4 members (excludes halogenated alkanes) is 4. The van der Waals surface area contributed by atoms with Crippen molar-refractivity contribution < 1.29 is 18.9 Å². The van der Waals surface area contributed by atoms with Gasteiger partial charge in [0.05, 0.1) is 38.1 Å². The van der Waals surface area contributed by atoms with E-state index in [1.54, 1.807) is 0 Å². The Morgan fingerprint density at radius 3 is 1.74 bits per heavy atom. The fraction of sp³-hybridized carbons (Fsp3) is 1.00. The molecule has 3 unspecified atom stereocenters. The molecule has 23 heavy (non-hydrogen) atoms. The normalized spacial score (nSPS) is 15.5. The summed E-state index contributed by atoms with van der Waals surface area (Å²) < 4.78 is 22.8. The van der Waals surface area contributed by atoms with Crippen molar-refractivity contribution in [1.29, 1.82) is 0 Å². The quantitative estimate of drug-likeness (QED) is 0.365. The molecule has 0 bridgehead atoms. The summed E-state index contributed by atoms with van der Waals surface area (Å²) in [6.45, 7) is 14.1. The molecule has 4 nitrogen and oxygen atoms in total. The van der Waals surface area contributed by atoms with Crippen molar-refractivity contribution in [1.82, 2.24) is 0 Å². The Kier molecular flexibility index (Phi) is 16.6. The molecule has 4 heteroatoms. The van der Waals surface area contributed by atoms with Gasteiger partial charge >= 0.3 is 0 Å². The average Bonchev–Trinajstić information content (AvgIpc) is 2.54. The summed E-state index contributed by atoms with van der Waals surface area (Å²) >= 11 is 0. The van der Waals surface area contributed by atoms with Crippen LogP contribution in [0.4, 0.5) is 0 Å². The molecule has 0 N–H and O–H groups in total. The first-order valence-corrected chi connectivity index (χ1v) is 9.52. The molecule has 0 aromatic carbocycles. The van der Waals surface area contributed by atoms with E-state index >= 15 is 0 Å². The zero-order chi connectivity index (χ0) is 17.3.